The lowest BCUT2D eigenvalue weighted by Gasteiger charge is -2.13. The molecule has 4 rings (SSSR count). The monoisotopic (exact) mass is 340 g/mol. The molecule has 6 heteroatoms. The minimum absolute atomic E-state index is 0.0659. The molecule has 6 nitrogen and oxygen atoms in total. The lowest BCUT2D eigenvalue weighted by molar-refractivity contribution is 0.0921. The van der Waals surface area contributed by atoms with Gasteiger partial charge in [-0.25, -0.2) is 4.68 Å². The number of nitrogens with zero attached hydrogens (tertiary/aromatic N) is 2. The number of β-amino-alcohol motifs (C(OH)–C–C–N with tert-alkyl or cyclic N) is 1. The number of fused-ring (bicyclic) bond motifs is 1. The Bertz CT molecular complexity index is 781. The highest BCUT2D eigenvalue weighted by atomic mass is 16.3. The minimum Gasteiger partial charge on any atom is -0.391 e. The van der Waals surface area contributed by atoms with Gasteiger partial charge in [0.15, 0.2) is 5.69 Å². The first-order valence-electron chi connectivity index (χ1n) is 8.98. The van der Waals surface area contributed by atoms with Crippen LogP contribution in [-0.4, -0.2) is 46.5 Å². The molecule has 2 atom stereocenters. The lowest BCUT2D eigenvalue weighted by atomic mass is 10.1. The molecule has 0 radical (unpaired) electrons. The number of nitrogens with one attached hydrogen (secondary N) is 2. The molecule has 3 N–H and O–H groups in total. The van der Waals surface area contributed by atoms with Crippen LogP contribution in [0.15, 0.2) is 24.3 Å². The van der Waals surface area contributed by atoms with Gasteiger partial charge in [-0.2, -0.15) is 5.10 Å². The predicted octanol–water partition coefficient (Wildman–Crippen LogP) is 0.980. The van der Waals surface area contributed by atoms with Gasteiger partial charge in [0, 0.05) is 36.8 Å². The summed E-state index contributed by atoms with van der Waals surface area (Å²) in [5, 5.41) is 20.6. The zero-order chi connectivity index (χ0) is 17.4. The van der Waals surface area contributed by atoms with Crippen LogP contribution in [-0.2, 0) is 12.8 Å². The molecule has 25 heavy (non-hydrogen) atoms. The number of aryl methyl sites for hydroxylation is 1. The lowest BCUT2D eigenvalue weighted by Crippen LogP contribution is -2.35. The molecule has 1 saturated heterocycles. The number of aliphatic hydroxyl groups excluding tert-OH is 1. The average Bonchev–Trinajstić information content (AvgIpc) is 3.30. The summed E-state index contributed by atoms with van der Waals surface area (Å²) in [6, 6.07) is 8.21. The molecule has 1 fully saturated rings. The zero-order valence-electron chi connectivity index (χ0n) is 14.5. The van der Waals surface area contributed by atoms with Gasteiger partial charge in [-0.15, -0.1) is 0 Å². The van der Waals surface area contributed by atoms with Crippen molar-refractivity contribution < 1.29 is 9.90 Å². The molecule has 1 amide bonds. The van der Waals surface area contributed by atoms with Crippen molar-refractivity contribution in [2.45, 2.75) is 32.3 Å². The Hall–Kier alpha value is -2.18. The van der Waals surface area contributed by atoms with Gasteiger partial charge in [0.2, 0.25) is 0 Å². The highest BCUT2D eigenvalue weighted by Gasteiger charge is 2.29. The van der Waals surface area contributed by atoms with Crippen molar-refractivity contribution in [3.63, 3.8) is 0 Å². The van der Waals surface area contributed by atoms with E-state index in [-0.39, 0.29) is 11.8 Å². The normalized spacial score (nSPS) is 22.2. The fourth-order valence-electron chi connectivity index (χ4n) is 3.75. The van der Waals surface area contributed by atoms with E-state index in [1.807, 2.05) is 16.8 Å². The largest absolute Gasteiger partial charge is 0.391 e. The van der Waals surface area contributed by atoms with Crippen LogP contribution < -0.4 is 10.6 Å². The van der Waals surface area contributed by atoms with E-state index in [0.717, 1.165) is 42.8 Å². The molecular formula is C19H24N4O2. The second-order valence-corrected chi connectivity index (χ2v) is 7.07. The number of aromatic nitrogens is 2. The smallest absolute Gasteiger partial charge is 0.272 e. The predicted molar refractivity (Wildman–Crippen MR) is 95.0 cm³/mol. The summed E-state index contributed by atoms with van der Waals surface area (Å²) in [6.45, 7) is 3.86. The molecule has 1 aromatic heterocycles. The summed E-state index contributed by atoms with van der Waals surface area (Å²) >= 11 is 0. The fraction of sp³-hybridized carbons (Fsp3) is 0.474. The van der Waals surface area contributed by atoms with Crippen molar-refractivity contribution in [1.29, 1.82) is 0 Å². The Morgan fingerprint density at radius 3 is 2.84 bits per heavy atom. The Morgan fingerprint density at radius 2 is 2.12 bits per heavy atom. The van der Waals surface area contributed by atoms with Gasteiger partial charge < -0.3 is 15.7 Å². The van der Waals surface area contributed by atoms with Gasteiger partial charge in [-0.3, -0.25) is 4.79 Å². The van der Waals surface area contributed by atoms with Gasteiger partial charge in [0.1, 0.15) is 0 Å². The van der Waals surface area contributed by atoms with E-state index in [9.17, 15) is 9.90 Å². The minimum atomic E-state index is -0.392. The molecule has 0 bridgehead atoms. The molecule has 0 spiro atoms. The standard InChI is InChI=1S/C19H24N4O2/c1-12-5-7-14(8-6-12)23-16-4-2-3-15(16)18(22-23)19(25)21-10-13-9-20-11-17(13)24/h5-8,13,17,20,24H,2-4,9-11H2,1H3,(H,21,25). The summed E-state index contributed by atoms with van der Waals surface area (Å²) in [6.07, 6.45) is 2.52. The molecule has 1 aliphatic carbocycles. The van der Waals surface area contributed by atoms with Gasteiger partial charge in [0.05, 0.1) is 11.8 Å². The number of hydrogen-bond acceptors (Lipinski definition) is 4. The van der Waals surface area contributed by atoms with Crippen LogP contribution in [0.3, 0.4) is 0 Å². The van der Waals surface area contributed by atoms with Crippen LogP contribution in [0, 0.1) is 12.8 Å². The van der Waals surface area contributed by atoms with Crippen molar-refractivity contribution in [2.24, 2.45) is 5.92 Å². The van der Waals surface area contributed by atoms with E-state index in [1.165, 1.54) is 5.56 Å². The Kier molecular flexibility index (Phi) is 4.31. The molecule has 132 valence electrons. The van der Waals surface area contributed by atoms with Gasteiger partial charge in [0.25, 0.3) is 5.91 Å². The van der Waals surface area contributed by atoms with Crippen LogP contribution in [0.2, 0.25) is 0 Å². The number of carbonyl (C=O) groups is 1. The van der Waals surface area contributed by atoms with Gasteiger partial charge in [-0.1, -0.05) is 17.7 Å². The average molecular weight is 340 g/mol. The van der Waals surface area contributed by atoms with Crippen LogP contribution >= 0.6 is 0 Å². The molecule has 1 aromatic carbocycles. The van der Waals surface area contributed by atoms with E-state index in [0.29, 0.717) is 18.8 Å². The maximum Gasteiger partial charge on any atom is 0.272 e. The third kappa shape index (κ3) is 3.07. The van der Waals surface area contributed by atoms with Crippen LogP contribution in [0.1, 0.15) is 33.7 Å². The Morgan fingerprint density at radius 1 is 1.32 bits per heavy atom. The SMILES string of the molecule is Cc1ccc(-n2nc(C(=O)NCC3CNCC3O)c3c2CCC3)cc1. The third-order valence-corrected chi connectivity index (χ3v) is 5.25. The zero-order valence-corrected chi connectivity index (χ0v) is 14.5. The quantitative estimate of drug-likeness (QED) is 0.775. The molecule has 2 heterocycles. The van der Waals surface area contributed by atoms with E-state index in [2.05, 4.69) is 34.8 Å². The first kappa shape index (κ1) is 16.3. The number of carbonyl (C=O) groups excluding carboxylic acids is 1. The summed E-state index contributed by atoms with van der Waals surface area (Å²) in [5.41, 5.74) is 4.96. The van der Waals surface area contributed by atoms with Gasteiger partial charge in [-0.05, 0) is 38.3 Å². The molecule has 2 unspecified atom stereocenters. The fourth-order valence-corrected chi connectivity index (χ4v) is 3.75. The number of aliphatic hydroxyl groups is 1. The molecule has 1 aliphatic heterocycles. The third-order valence-electron chi connectivity index (χ3n) is 5.25. The second kappa shape index (κ2) is 6.61. The summed E-state index contributed by atoms with van der Waals surface area (Å²) in [5.74, 6) is -0.0701. The maximum atomic E-state index is 12.7. The number of amides is 1. The van der Waals surface area contributed by atoms with E-state index in [4.69, 9.17) is 0 Å². The van der Waals surface area contributed by atoms with Crippen molar-refractivity contribution in [3.05, 3.63) is 46.8 Å². The first-order chi connectivity index (χ1) is 12.1. The van der Waals surface area contributed by atoms with Crippen molar-refractivity contribution in [1.82, 2.24) is 20.4 Å². The van der Waals surface area contributed by atoms with E-state index in [1.54, 1.807) is 0 Å². The molecule has 2 aliphatic rings. The molecule has 0 saturated carbocycles. The highest BCUT2D eigenvalue weighted by molar-refractivity contribution is 5.94. The van der Waals surface area contributed by atoms with Crippen molar-refractivity contribution in [2.75, 3.05) is 19.6 Å². The van der Waals surface area contributed by atoms with Crippen LogP contribution in [0.5, 0.6) is 0 Å². The van der Waals surface area contributed by atoms with Crippen molar-refractivity contribution >= 4 is 5.91 Å². The maximum absolute atomic E-state index is 12.7. The first-order valence-corrected chi connectivity index (χ1v) is 8.98. The number of hydrogen-bond donors (Lipinski definition) is 3. The Labute approximate surface area is 147 Å². The topological polar surface area (TPSA) is 79.2 Å². The summed E-state index contributed by atoms with van der Waals surface area (Å²) in [4.78, 5) is 12.7. The number of benzene rings is 1. The van der Waals surface area contributed by atoms with Crippen LogP contribution in [0.4, 0.5) is 0 Å². The van der Waals surface area contributed by atoms with Gasteiger partial charge >= 0.3 is 0 Å². The van der Waals surface area contributed by atoms with E-state index >= 15 is 0 Å². The van der Waals surface area contributed by atoms with Crippen LogP contribution in [0.25, 0.3) is 5.69 Å². The highest BCUT2D eigenvalue weighted by Crippen LogP contribution is 2.28. The Balaban J connectivity index is 1.56. The molecule has 2 aromatic rings. The number of rotatable bonds is 4. The van der Waals surface area contributed by atoms with E-state index < -0.39 is 6.10 Å². The second-order valence-electron chi connectivity index (χ2n) is 7.07. The summed E-state index contributed by atoms with van der Waals surface area (Å²) < 4.78 is 1.92. The summed E-state index contributed by atoms with van der Waals surface area (Å²) in [7, 11) is 0. The molecular weight excluding hydrogens is 316 g/mol. The van der Waals surface area contributed by atoms with Crippen molar-refractivity contribution in [3.8, 4) is 5.69 Å².